The molecular formula is C14H24N4O. The molecule has 0 aromatic carbocycles. The van der Waals surface area contributed by atoms with Gasteiger partial charge in [0.1, 0.15) is 17.5 Å². The summed E-state index contributed by atoms with van der Waals surface area (Å²) in [6.07, 6.45) is 1.13. The van der Waals surface area contributed by atoms with Gasteiger partial charge in [-0.15, -0.1) is 0 Å². The summed E-state index contributed by atoms with van der Waals surface area (Å²) < 4.78 is 5.40. The first kappa shape index (κ1) is 14.1. The molecule has 0 aliphatic carbocycles. The molecule has 0 radical (unpaired) electrons. The Kier molecular flexibility index (Phi) is 4.58. The van der Waals surface area contributed by atoms with Crippen LogP contribution in [-0.2, 0) is 4.74 Å². The second kappa shape index (κ2) is 6.19. The van der Waals surface area contributed by atoms with Crippen molar-refractivity contribution >= 4 is 11.6 Å². The molecule has 0 saturated carbocycles. The van der Waals surface area contributed by atoms with Crippen LogP contribution in [0.5, 0.6) is 0 Å². The predicted molar refractivity (Wildman–Crippen MR) is 77.8 cm³/mol. The first-order valence-corrected chi connectivity index (χ1v) is 6.99. The van der Waals surface area contributed by atoms with Gasteiger partial charge in [-0.3, -0.25) is 0 Å². The van der Waals surface area contributed by atoms with Gasteiger partial charge in [0.2, 0.25) is 0 Å². The zero-order valence-corrected chi connectivity index (χ0v) is 12.3. The summed E-state index contributed by atoms with van der Waals surface area (Å²) in [4.78, 5) is 9.18. The molecular weight excluding hydrogens is 240 g/mol. The van der Waals surface area contributed by atoms with E-state index in [1.807, 2.05) is 14.0 Å². The molecule has 1 aromatic rings. The third-order valence-corrected chi connectivity index (χ3v) is 3.50. The predicted octanol–water partition coefficient (Wildman–Crippen LogP) is 2.40. The van der Waals surface area contributed by atoms with Crippen LogP contribution in [0.1, 0.15) is 37.6 Å². The summed E-state index contributed by atoms with van der Waals surface area (Å²) in [5, 5.41) is 6.60. The zero-order valence-electron chi connectivity index (χ0n) is 12.3. The number of hydrogen-bond donors (Lipinski definition) is 2. The second-order valence-electron chi connectivity index (χ2n) is 5.42. The van der Waals surface area contributed by atoms with E-state index in [1.165, 1.54) is 0 Å². The molecule has 0 amide bonds. The maximum Gasteiger partial charge on any atom is 0.135 e. The summed E-state index contributed by atoms with van der Waals surface area (Å²) in [5.41, 5.74) is 1.07. The summed E-state index contributed by atoms with van der Waals surface area (Å²) in [5.74, 6) is 3.64. The van der Waals surface area contributed by atoms with Crippen LogP contribution in [0.15, 0.2) is 0 Å². The van der Waals surface area contributed by atoms with Gasteiger partial charge < -0.3 is 15.4 Å². The van der Waals surface area contributed by atoms with Crippen LogP contribution in [-0.4, -0.2) is 36.8 Å². The molecule has 1 atom stereocenters. The van der Waals surface area contributed by atoms with Gasteiger partial charge in [-0.1, -0.05) is 13.8 Å². The molecule has 2 rings (SSSR count). The SMILES string of the molecule is CNc1nc(C(C)C)nc(NCC2CCOC2)c1C. The van der Waals surface area contributed by atoms with Crippen molar-refractivity contribution in [3.63, 3.8) is 0 Å². The molecule has 2 heterocycles. The Balaban J connectivity index is 2.14. The van der Waals surface area contributed by atoms with Crippen LogP contribution in [0.3, 0.4) is 0 Å². The van der Waals surface area contributed by atoms with Gasteiger partial charge in [-0.25, -0.2) is 9.97 Å². The van der Waals surface area contributed by atoms with Crippen molar-refractivity contribution in [3.8, 4) is 0 Å². The van der Waals surface area contributed by atoms with E-state index >= 15 is 0 Å². The molecule has 5 nitrogen and oxygen atoms in total. The third-order valence-electron chi connectivity index (χ3n) is 3.50. The van der Waals surface area contributed by atoms with Gasteiger partial charge in [0.15, 0.2) is 0 Å². The van der Waals surface area contributed by atoms with Crippen LogP contribution < -0.4 is 10.6 Å². The fourth-order valence-electron chi connectivity index (χ4n) is 2.19. The van der Waals surface area contributed by atoms with Crippen molar-refractivity contribution in [2.75, 3.05) is 37.4 Å². The highest BCUT2D eigenvalue weighted by Gasteiger charge is 2.17. The lowest BCUT2D eigenvalue weighted by atomic mass is 10.1. The average molecular weight is 264 g/mol. The molecule has 5 heteroatoms. The Bertz CT molecular complexity index is 428. The molecule has 0 spiro atoms. The molecule has 0 bridgehead atoms. The summed E-state index contributed by atoms with van der Waals surface area (Å²) in [6.45, 7) is 8.92. The Morgan fingerprint density at radius 1 is 1.32 bits per heavy atom. The van der Waals surface area contributed by atoms with E-state index < -0.39 is 0 Å². The molecule has 19 heavy (non-hydrogen) atoms. The van der Waals surface area contributed by atoms with Gasteiger partial charge in [0.25, 0.3) is 0 Å². The first-order chi connectivity index (χ1) is 9.11. The quantitative estimate of drug-likeness (QED) is 0.855. The Labute approximate surface area is 115 Å². The maximum atomic E-state index is 5.40. The van der Waals surface area contributed by atoms with Crippen molar-refractivity contribution in [2.45, 2.75) is 33.1 Å². The summed E-state index contributed by atoms with van der Waals surface area (Å²) >= 11 is 0. The van der Waals surface area contributed by atoms with Crippen molar-refractivity contribution in [3.05, 3.63) is 11.4 Å². The normalized spacial score (nSPS) is 18.9. The van der Waals surface area contributed by atoms with Crippen molar-refractivity contribution in [1.29, 1.82) is 0 Å². The van der Waals surface area contributed by atoms with Crippen LogP contribution >= 0.6 is 0 Å². The molecule has 2 N–H and O–H groups in total. The molecule has 1 saturated heterocycles. The van der Waals surface area contributed by atoms with Gasteiger partial charge in [0.05, 0.1) is 6.61 Å². The smallest absolute Gasteiger partial charge is 0.135 e. The average Bonchev–Trinajstić information content (AvgIpc) is 2.90. The summed E-state index contributed by atoms with van der Waals surface area (Å²) in [6, 6.07) is 0. The first-order valence-electron chi connectivity index (χ1n) is 6.99. The number of ether oxygens (including phenoxy) is 1. The van der Waals surface area contributed by atoms with Crippen LogP contribution in [0.2, 0.25) is 0 Å². The molecule has 1 fully saturated rings. The molecule has 1 unspecified atom stereocenters. The highest BCUT2D eigenvalue weighted by atomic mass is 16.5. The standard InChI is InChI=1S/C14H24N4O/c1-9(2)12-17-13(15-4)10(3)14(18-12)16-7-11-5-6-19-8-11/h9,11H,5-8H2,1-4H3,(H2,15,16,17,18). The molecule has 1 aromatic heterocycles. The van der Waals surface area contributed by atoms with Gasteiger partial charge in [-0.05, 0) is 13.3 Å². The van der Waals surface area contributed by atoms with Gasteiger partial charge in [0, 0.05) is 37.6 Å². The lowest BCUT2D eigenvalue weighted by Crippen LogP contribution is -2.17. The van der Waals surface area contributed by atoms with E-state index in [9.17, 15) is 0 Å². The fraction of sp³-hybridized carbons (Fsp3) is 0.714. The van der Waals surface area contributed by atoms with Crippen LogP contribution in [0, 0.1) is 12.8 Å². The van der Waals surface area contributed by atoms with Crippen LogP contribution in [0.25, 0.3) is 0 Å². The maximum absolute atomic E-state index is 5.40. The number of aromatic nitrogens is 2. The Hall–Kier alpha value is -1.36. The van der Waals surface area contributed by atoms with E-state index in [0.717, 1.165) is 49.2 Å². The number of nitrogens with zero attached hydrogens (tertiary/aromatic N) is 2. The minimum absolute atomic E-state index is 0.322. The Morgan fingerprint density at radius 2 is 2.05 bits per heavy atom. The largest absolute Gasteiger partial charge is 0.381 e. The monoisotopic (exact) mass is 264 g/mol. The van der Waals surface area contributed by atoms with Crippen LogP contribution in [0.4, 0.5) is 11.6 Å². The number of rotatable bonds is 5. The lowest BCUT2D eigenvalue weighted by molar-refractivity contribution is 0.187. The highest BCUT2D eigenvalue weighted by Crippen LogP contribution is 2.23. The zero-order chi connectivity index (χ0) is 13.8. The topological polar surface area (TPSA) is 59.1 Å². The molecule has 1 aliphatic heterocycles. The van der Waals surface area contributed by atoms with E-state index in [0.29, 0.717) is 11.8 Å². The fourth-order valence-corrected chi connectivity index (χ4v) is 2.19. The van der Waals surface area contributed by atoms with E-state index in [1.54, 1.807) is 0 Å². The van der Waals surface area contributed by atoms with Gasteiger partial charge in [-0.2, -0.15) is 0 Å². The Morgan fingerprint density at radius 3 is 2.63 bits per heavy atom. The minimum atomic E-state index is 0.322. The van der Waals surface area contributed by atoms with Gasteiger partial charge >= 0.3 is 0 Å². The molecule has 106 valence electrons. The van der Waals surface area contributed by atoms with Crippen molar-refractivity contribution in [2.24, 2.45) is 5.92 Å². The molecule has 1 aliphatic rings. The van der Waals surface area contributed by atoms with E-state index in [-0.39, 0.29) is 0 Å². The number of nitrogens with one attached hydrogen (secondary N) is 2. The van der Waals surface area contributed by atoms with Crippen molar-refractivity contribution in [1.82, 2.24) is 9.97 Å². The van der Waals surface area contributed by atoms with Crippen molar-refractivity contribution < 1.29 is 4.74 Å². The number of hydrogen-bond acceptors (Lipinski definition) is 5. The minimum Gasteiger partial charge on any atom is -0.381 e. The second-order valence-corrected chi connectivity index (χ2v) is 5.42. The third kappa shape index (κ3) is 3.35. The van der Waals surface area contributed by atoms with E-state index in [4.69, 9.17) is 4.74 Å². The highest BCUT2D eigenvalue weighted by molar-refractivity contribution is 5.57. The van der Waals surface area contributed by atoms with E-state index in [2.05, 4.69) is 34.4 Å². The lowest BCUT2D eigenvalue weighted by Gasteiger charge is -2.16. The summed E-state index contributed by atoms with van der Waals surface area (Å²) in [7, 11) is 1.90. The number of anilines is 2.